The topological polar surface area (TPSA) is 63.5 Å². The summed E-state index contributed by atoms with van der Waals surface area (Å²) in [4.78, 5) is 11.4. The van der Waals surface area contributed by atoms with Crippen molar-refractivity contribution in [3.05, 3.63) is 59.3 Å². The molecular formula is C18H17ClN2O3. The highest BCUT2D eigenvalue weighted by molar-refractivity contribution is 6.33. The van der Waals surface area contributed by atoms with E-state index in [2.05, 4.69) is 10.6 Å². The number of furan rings is 1. The van der Waals surface area contributed by atoms with Crippen molar-refractivity contribution in [2.75, 3.05) is 17.2 Å². The van der Waals surface area contributed by atoms with Gasteiger partial charge in [-0.15, -0.1) is 0 Å². The molecule has 3 rings (SSSR count). The van der Waals surface area contributed by atoms with Crippen LogP contribution in [0.25, 0.3) is 11.0 Å². The van der Waals surface area contributed by atoms with Crippen molar-refractivity contribution in [3.63, 3.8) is 0 Å². The van der Waals surface area contributed by atoms with Gasteiger partial charge in [0.25, 0.3) is 0 Å². The molecule has 1 aromatic heterocycles. The van der Waals surface area contributed by atoms with Gasteiger partial charge in [-0.3, -0.25) is 5.32 Å². The third-order valence-electron chi connectivity index (χ3n) is 3.42. The van der Waals surface area contributed by atoms with E-state index in [1.54, 1.807) is 19.1 Å². The number of rotatable bonds is 5. The Balaban J connectivity index is 1.65. The van der Waals surface area contributed by atoms with Gasteiger partial charge in [0.1, 0.15) is 11.3 Å². The third kappa shape index (κ3) is 3.81. The molecule has 2 N–H and O–H groups in total. The number of ether oxygens (including phenoxy) is 1. The van der Waals surface area contributed by atoms with Gasteiger partial charge in [0.05, 0.1) is 23.9 Å². The Bertz CT molecular complexity index is 827. The summed E-state index contributed by atoms with van der Waals surface area (Å²) in [6, 6.07) is 15.2. The van der Waals surface area contributed by atoms with Gasteiger partial charge in [0, 0.05) is 11.1 Å². The summed E-state index contributed by atoms with van der Waals surface area (Å²) in [5, 5.41) is 7.34. The Labute approximate surface area is 144 Å². The molecule has 0 saturated heterocycles. The predicted molar refractivity (Wildman–Crippen MR) is 95.6 cm³/mol. The maximum Gasteiger partial charge on any atom is 0.411 e. The Morgan fingerprint density at radius 3 is 2.79 bits per heavy atom. The molecule has 24 heavy (non-hydrogen) atoms. The van der Waals surface area contributed by atoms with E-state index in [4.69, 9.17) is 20.8 Å². The number of nitrogens with one attached hydrogen (secondary N) is 2. The van der Waals surface area contributed by atoms with Gasteiger partial charge in [-0.2, -0.15) is 0 Å². The Hall–Kier alpha value is -2.66. The second-order valence-electron chi connectivity index (χ2n) is 5.14. The van der Waals surface area contributed by atoms with Crippen LogP contribution in [0.4, 0.5) is 16.2 Å². The molecule has 1 heterocycles. The molecule has 6 heteroatoms. The summed E-state index contributed by atoms with van der Waals surface area (Å²) in [6.45, 7) is 2.59. The molecule has 0 aliphatic heterocycles. The minimum atomic E-state index is -0.526. The quantitative estimate of drug-likeness (QED) is 0.662. The molecule has 0 spiro atoms. The molecule has 0 aliphatic carbocycles. The zero-order chi connectivity index (χ0) is 16.9. The summed E-state index contributed by atoms with van der Waals surface area (Å²) in [7, 11) is 0. The van der Waals surface area contributed by atoms with Crippen molar-refractivity contribution < 1.29 is 13.9 Å². The number of anilines is 2. The number of benzene rings is 2. The van der Waals surface area contributed by atoms with Crippen molar-refractivity contribution in [2.24, 2.45) is 0 Å². The molecule has 0 aliphatic rings. The highest BCUT2D eigenvalue weighted by Crippen LogP contribution is 2.26. The minimum Gasteiger partial charge on any atom is -0.459 e. The molecule has 124 valence electrons. The summed E-state index contributed by atoms with van der Waals surface area (Å²) < 4.78 is 10.6. The van der Waals surface area contributed by atoms with E-state index in [1.165, 1.54) is 0 Å². The molecule has 0 bridgehead atoms. The van der Waals surface area contributed by atoms with Crippen LogP contribution in [0, 0.1) is 0 Å². The van der Waals surface area contributed by atoms with E-state index >= 15 is 0 Å². The van der Waals surface area contributed by atoms with Crippen LogP contribution in [-0.2, 0) is 11.3 Å². The summed E-state index contributed by atoms with van der Waals surface area (Å²) in [6.07, 6.45) is -0.526. The van der Waals surface area contributed by atoms with E-state index in [-0.39, 0.29) is 0 Å². The summed E-state index contributed by atoms with van der Waals surface area (Å²) in [5.74, 6) is 0.834. The number of carbonyl (C=O) groups excluding carboxylic acids is 1. The fraction of sp³-hybridized carbons (Fsp3) is 0.167. The average molecular weight is 345 g/mol. The highest BCUT2D eigenvalue weighted by Gasteiger charge is 2.08. The lowest BCUT2D eigenvalue weighted by Crippen LogP contribution is -2.13. The molecule has 1 amide bonds. The Morgan fingerprint density at radius 2 is 2.04 bits per heavy atom. The molecule has 0 radical (unpaired) electrons. The monoisotopic (exact) mass is 344 g/mol. The van der Waals surface area contributed by atoms with Gasteiger partial charge < -0.3 is 14.5 Å². The van der Waals surface area contributed by atoms with Crippen LogP contribution in [0.2, 0.25) is 5.02 Å². The lowest BCUT2D eigenvalue weighted by atomic mass is 10.2. The normalized spacial score (nSPS) is 10.6. The first-order chi connectivity index (χ1) is 11.7. The Kier molecular flexibility index (Phi) is 4.91. The van der Waals surface area contributed by atoms with Gasteiger partial charge in [0.15, 0.2) is 0 Å². The lowest BCUT2D eigenvalue weighted by Gasteiger charge is -2.10. The molecule has 0 fully saturated rings. The zero-order valence-corrected chi connectivity index (χ0v) is 13.9. The molecule has 0 saturated carbocycles. The maximum absolute atomic E-state index is 11.4. The van der Waals surface area contributed by atoms with Crippen molar-refractivity contribution >= 4 is 40.0 Å². The van der Waals surface area contributed by atoms with Crippen LogP contribution in [0.1, 0.15) is 12.7 Å². The van der Waals surface area contributed by atoms with E-state index in [0.717, 1.165) is 22.4 Å². The molecule has 0 unspecified atom stereocenters. The summed E-state index contributed by atoms with van der Waals surface area (Å²) in [5.41, 5.74) is 2.19. The van der Waals surface area contributed by atoms with Gasteiger partial charge in [-0.05, 0) is 37.3 Å². The van der Waals surface area contributed by atoms with Crippen LogP contribution in [0.3, 0.4) is 0 Å². The third-order valence-corrected chi connectivity index (χ3v) is 3.74. The van der Waals surface area contributed by atoms with Crippen molar-refractivity contribution in [1.82, 2.24) is 0 Å². The summed E-state index contributed by atoms with van der Waals surface area (Å²) >= 11 is 6.19. The number of amides is 1. The van der Waals surface area contributed by atoms with Crippen molar-refractivity contribution in [2.45, 2.75) is 13.5 Å². The second kappa shape index (κ2) is 7.27. The minimum absolute atomic E-state index is 0.306. The molecule has 3 aromatic rings. The van der Waals surface area contributed by atoms with Crippen molar-refractivity contribution in [1.29, 1.82) is 0 Å². The Morgan fingerprint density at radius 1 is 1.21 bits per heavy atom. The van der Waals surface area contributed by atoms with Crippen LogP contribution in [-0.4, -0.2) is 12.7 Å². The zero-order valence-electron chi connectivity index (χ0n) is 13.1. The van der Waals surface area contributed by atoms with E-state index in [0.29, 0.717) is 23.9 Å². The van der Waals surface area contributed by atoms with E-state index in [9.17, 15) is 4.79 Å². The number of fused-ring (bicyclic) bond motifs is 1. The van der Waals surface area contributed by atoms with E-state index < -0.39 is 6.09 Å². The van der Waals surface area contributed by atoms with Gasteiger partial charge >= 0.3 is 6.09 Å². The first kappa shape index (κ1) is 16.2. The SMILES string of the molecule is CCOC(=O)Nc1ccc(NCc2cc3ccccc3o2)cc1Cl. The fourth-order valence-corrected chi connectivity index (χ4v) is 2.54. The number of para-hydroxylation sites is 1. The number of carbonyl (C=O) groups is 1. The highest BCUT2D eigenvalue weighted by atomic mass is 35.5. The van der Waals surface area contributed by atoms with Crippen LogP contribution >= 0.6 is 11.6 Å². The van der Waals surface area contributed by atoms with Crippen LogP contribution in [0.15, 0.2) is 52.9 Å². The predicted octanol–water partition coefficient (Wildman–Crippen LogP) is 5.27. The second-order valence-corrected chi connectivity index (χ2v) is 5.55. The standard InChI is InChI=1S/C18H17ClN2O3/c1-2-23-18(22)21-16-8-7-13(10-15(16)19)20-11-14-9-12-5-3-4-6-17(12)24-14/h3-10,20H,2,11H2,1H3,(H,21,22). The number of halogens is 1. The molecular weight excluding hydrogens is 328 g/mol. The van der Waals surface area contributed by atoms with Gasteiger partial charge in [0.2, 0.25) is 0 Å². The largest absolute Gasteiger partial charge is 0.459 e. The first-order valence-electron chi connectivity index (χ1n) is 7.60. The number of hydrogen-bond donors (Lipinski definition) is 2. The lowest BCUT2D eigenvalue weighted by molar-refractivity contribution is 0.168. The fourth-order valence-electron chi connectivity index (χ4n) is 2.32. The van der Waals surface area contributed by atoms with Gasteiger partial charge in [-0.25, -0.2) is 4.79 Å². The van der Waals surface area contributed by atoms with Crippen LogP contribution < -0.4 is 10.6 Å². The smallest absolute Gasteiger partial charge is 0.411 e. The molecule has 2 aromatic carbocycles. The first-order valence-corrected chi connectivity index (χ1v) is 7.98. The van der Waals surface area contributed by atoms with Gasteiger partial charge in [-0.1, -0.05) is 29.8 Å². The average Bonchev–Trinajstić information content (AvgIpc) is 2.98. The maximum atomic E-state index is 11.4. The van der Waals surface area contributed by atoms with E-state index in [1.807, 2.05) is 36.4 Å². The molecule has 5 nitrogen and oxygen atoms in total. The van der Waals surface area contributed by atoms with Crippen LogP contribution in [0.5, 0.6) is 0 Å². The molecule has 0 atom stereocenters. The van der Waals surface area contributed by atoms with Crippen molar-refractivity contribution in [3.8, 4) is 0 Å². The number of hydrogen-bond acceptors (Lipinski definition) is 4.